The van der Waals surface area contributed by atoms with E-state index in [1.165, 1.54) is 54.5 Å². The van der Waals surface area contributed by atoms with Crippen LogP contribution in [0.2, 0.25) is 0 Å². The molecule has 1 aromatic heterocycles. The molecule has 0 aromatic carbocycles. The van der Waals surface area contributed by atoms with Gasteiger partial charge in [-0.2, -0.15) is 0 Å². The van der Waals surface area contributed by atoms with Gasteiger partial charge in [-0.1, -0.05) is 6.92 Å². The third-order valence-electron chi connectivity index (χ3n) is 3.75. The second-order valence-corrected chi connectivity index (χ2v) is 6.49. The Morgan fingerprint density at radius 1 is 1.33 bits per heavy atom. The molecule has 1 aliphatic heterocycles. The minimum Gasteiger partial charge on any atom is -0.317 e. The smallest absolute Gasteiger partial charge is 0.107 e. The Kier molecular flexibility index (Phi) is 5.15. The number of hydrogen-bond donors (Lipinski definition) is 1. The number of rotatable bonds is 5. The quantitative estimate of drug-likeness (QED) is 0.889. The summed E-state index contributed by atoms with van der Waals surface area (Å²) in [5, 5.41) is 4.74. The Balaban J connectivity index is 2.00. The van der Waals surface area contributed by atoms with E-state index in [1.54, 1.807) is 0 Å². The van der Waals surface area contributed by atoms with Crippen LogP contribution >= 0.6 is 11.3 Å². The summed E-state index contributed by atoms with van der Waals surface area (Å²) >= 11 is 1.86. The maximum Gasteiger partial charge on any atom is 0.107 e. The second-order valence-electron chi connectivity index (χ2n) is 5.20. The van der Waals surface area contributed by atoms with Gasteiger partial charge in [0.05, 0.1) is 12.2 Å². The zero-order chi connectivity index (χ0) is 13.0. The van der Waals surface area contributed by atoms with Gasteiger partial charge in [-0.3, -0.25) is 4.90 Å². The maximum absolute atomic E-state index is 4.69. The normalized spacial score (nSPS) is 17.6. The minimum absolute atomic E-state index is 0.746. The molecule has 1 aliphatic rings. The van der Waals surface area contributed by atoms with E-state index in [0.29, 0.717) is 0 Å². The molecule has 18 heavy (non-hydrogen) atoms. The lowest BCUT2D eigenvalue weighted by molar-refractivity contribution is 0.154. The molecule has 0 radical (unpaired) electrons. The van der Waals surface area contributed by atoms with Crippen molar-refractivity contribution in [2.75, 3.05) is 19.6 Å². The molecule has 2 rings (SSSR count). The summed E-state index contributed by atoms with van der Waals surface area (Å²) in [5.41, 5.74) is 1.21. The Hall–Kier alpha value is -0.450. The van der Waals surface area contributed by atoms with Crippen LogP contribution in [0.1, 0.15) is 41.8 Å². The lowest BCUT2D eigenvalue weighted by Crippen LogP contribution is -2.43. The van der Waals surface area contributed by atoms with Crippen LogP contribution in [0.25, 0.3) is 0 Å². The number of aromatic nitrogens is 1. The van der Waals surface area contributed by atoms with Gasteiger partial charge < -0.3 is 5.32 Å². The highest BCUT2D eigenvalue weighted by Crippen LogP contribution is 2.21. The van der Waals surface area contributed by atoms with Crippen LogP contribution < -0.4 is 5.32 Å². The molecule has 0 bridgehead atoms. The number of piperidine rings is 1. The van der Waals surface area contributed by atoms with Crippen LogP contribution in [0.3, 0.4) is 0 Å². The predicted octanol–water partition coefficient (Wildman–Crippen LogP) is 2.72. The summed E-state index contributed by atoms with van der Waals surface area (Å²) in [7, 11) is 0. The SMILES string of the molecule is CCCN(Cc1nc(C)c(C)s1)C1CCNCC1. The summed E-state index contributed by atoms with van der Waals surface area (Å²) in [6, 6.07) is 0.746. The monoisotopic (exact) mass is 267 g/mol. The Morgan fingerprint density at radius 3 is 2.61 bits per heavy atom. The van der Waals surface area contributed by atoms with Gasteiger partial charge in [0.1, 0.15) is 5.01 Å². The van der Waals surface area contributed by atoms with Crippen molar-refractivity contribution in [3.63, 3.8) is 0 Å². The molecule has 0 spiro atoms. The standard InChI is InChI=1S/C14H25N3S/c1-4-9-17(13-5-7-15-8-6-13)10-14-16-11(2)12(3)18-14/h13,15H,4-10H2,1-3H3. The average Bonchev–Trinajstić information content (AvgIpc) is 2.69. The lowest BCUT2D eigenvalue weighted by atomic mass is 10.0. The molecular weight excluding hydrogens is 242 g/mol. The Bertz CT molecular complexity index is 350. The van der Waals surface area contributed by atoms with Gasteiger partial charge in [0.2, 0.25) is 0 Å². The third kappa shape index (κ3) is 3.53. The summed E-state index contributed by atoms with van der Waals surface area (Å²) in [6.07, 6.45) is 3.79. The maximum atomic E-state index is 4.69. The molecule has 1 fully saturated rings. The van der Waals surface area contributed by atoms with Gasteiger partial charge >= 0.3 is 0 Å². The topological polar surface area (TPSA) is 28.2 Å². The van der Waals surface area contributed by atoms with E-state index in [9.17, 15) is 0 Å². The van der Waals surface area contributed by atoms with E-state index in [1.807, 2.05) is 11.3 Å². The minimum atomic E-state index is 0.746. The first-order chi connectivity index (χ1) is 8.70. The number of hydrogen-bond acceptors (Lipinski definition) is 4. The van der Waals surface area contributed by atoms with E-state index >= 15 is 0 Å². The first kappa shape index (κ1) is 14.0. The van der Waals surface area contributed by atoms with Crippen molar-refractivity contribution < 1.29 is 0 Å². The van der Waals surface area contributed by atoms with Crippen LogP contribution in [0, 0.1) is 13.8 Å². The fraction of sp³-hybridized carbons (Fsp3) is 0.786. The van der Waals surface area contributed by atoms with E-state index in [4.69, 9.17) is 0 Å². The fourth-order valence-corrected chi connectivity index (χ4v) is 3.59. The van der Waals surface area contributed by atoms with Crippen LogP contribution in [-0.4, -0.2) is 35.6 Å². The molecule has 3 nitrogen and oxygen atoms in total. The molecular formula is C14H25N3S. The van der Waals surface area contributed by atoms with Gasteiger partial charge in [-0.05, 0) is 52.7 Å². The average molecular weight is 267 g/mol. The molecule has 0 unspecified atom stereocenters. The van der Waals surface area contributed by atoms with Gasteiger partial charge in [-0.25, -0.2) is 4.98 Å². The lowest BCUT2D eigenvalue weighted by Gasteiger charge is -2.33. The molecule has 2 heterocycles. The molecule has 4 heteroatoms. The highest BCUT2D eigenvalue weighted by molar-refractivity contribution is 7.11. The van der Waals surface area contributed by atoms with Crippen LogP contribution in [0.5, 0.6) is 0 Å². The van der Waals surface area contributed by atoms with Crippen molar-refractivity contribution in [2.45, 2.75) is 52.6 Å². The zero-order valence-corrected chi connectivity index (χ0v) is 12.6. The van der Waals surface area contributed by atoms with E-state index in [2.05, 4.69) is 36.0 Å². The second kappa shape index (κ2) is 6.64. The van der Waals surface area contributed by atoms with Gasteiger partial charge in [-0.15, -0.1) is 11.3 Å². The molecule has 0 amide bonds. The summed E-state index contributed by atoms with van der Waals surface area (Å²) in [5.74, 6) is 0. The van der Waals surface area contributed by atoms with Crippen molar-refractivity contribution in [3.05, 3.63) is 15.6 Å². The van der Waals surface area contributed by atoms with E-state index < -0.39 is 0 Å². The number of thiazole rings is 1. The van der Waals surface area contributed by atoms with E-state index in [-0.39, 0.29) is 0 Å². The zero-order valence-electron chi connectivity index (χ0n) is 11.8. The number of aryl methyl sites for hydroxylation is 2. The molecule has 102 valence electrons. The first-order valence-corrected chi connectivity index (χ1v) is 7.90. The van der Waals surface area contributed by atoms with Crippen molar-refractivity contribution in [1.29, 1.82) is 0 Å². The molecule has 0 atom stereocenters. The molecule has 1 saturated heterocycles. The van der Waals surface area contributed by atoms with Crippen LogP contribution in [0.4, 0.5) is 0 Å². The summed E-state index contributed by atoms with van der Waals surface area (Å²) in [6.45, 7) is 11.1. The van der Waals surface area contributed by atoms with E-state index in [0.717, 1.165) is 12.6 Å². The summed E-state index contributed by atoms with van der Waals surface area (Å²) < 4.78 is 0. The highest BCUT2D eigenvalue weighted by atomic mass is 32.1. The number of nitrogens with zero attached hydrogens (tertiary/aromatic N) is 2. The van der Waals surface area contributed by atoms with Crippen molar-refractivity contribution >= 4 is 11.3 Å². The van der Waals surface area contributed by atoms with Crippen LogP contribution in [0.15, 0.2) is 0 Å². The first-order valence-electron chi connectivity index (χ1n) is 7.08. The highest BCUT2D eigenvalue weighted by Gasteiger charge is 2.21. The number of nitrogens with one attached hydrogen (secondary N) is 1. The fourth-order valence-electron chi connectivity index (χ4n) is 2.63. The molecule has 1 aromatic rings. The largest absolute Gasteiger partial charge is 0.317 e. The van der Waals surface area contributed by atoms with Crippen molar-refractivity contribution in [3.8, 4) is 0 Å². The molecule has 0 saturated carbocycles. The third-order valence-corrected chi connectivity index (χ3v) is 4.80. The summed E-state index contributed by atoms with van der Waals surface area (Å²) in [4.78, 5) is 8.69. The molecule has 0 aliphatic carbocycles. The molecule has 1 N–H and O–H groups in total. The Morgan fingerprint density at radius 2 is 2.06 bits per heavy atom. The predicted molar refractivity (Wildman–Crippen MR) is 78.2 cm³/mol. The van der Waals surface area contributed by atoms with Gasteiger partial charge in [0, 0.05) is 10.9 Å². The van der Waals surface area contributed by atoms with Gasteiger partial charge in [0.15, 0.2) is 0 Å². The van der Waals surface area contributed by atoms with Crippen molar-refractivity contribution in [2.24, 2.45) is 0 Å². The Labute approximate surface area is 115 Å². The van der Waals surface area contributed by atoms with Crippen LogP contribution in [-0.2, 0) is 6.54 Å². The van der Waals surface area contributed by atoms with Gasteiger partial charge in [0.25, 0.3) is 0 Å². The van der Waals surface area contributed by atoms with Crippen molar-refractivity contribution in [1.82, 2.24) is 15.2 Å².